The van der Waals surface area contributed by atoms with Crippen LogP contribution in [0.15, 0.2) is 42.5 Å². The van der Waals surface area contributed by atoms with Crippen LogP contribution in [-0.2, 0) is 11.0 Å². The molecule has 0 unspecified atom stereocenters. The Morgan fingerprint density at radius 1 is 1.05 bits per heavy atom. The van der Waals surface area contributed by atoms with Crippen LogP contribution < -0.4 is 9.26 Å². The average molecular weight is 302 g/mol. The van der Waals surface area contributed by atoms with E-state index in [-0.39, 0.29) is 35.3 Å². The molecule has 0 aliphatic carbocycles. The van der Waals surface area contributed by atoms with E-state index in [9.17, 15) is 4.57 Å². The van der Waals surface area contributed by atoms with E-state index in [1.54, 1.807) is 12.1 Å². The summed E-state index contributed by atoms with van der Waals surface area (Å²) in [6, 6.07) is 12.4. The first-order valence-corrected chi connectivity index (χ1v) is 7.19. The van der Waals surface area contributed by atoms with E-state index in [0.717, 1.165) is 11.3 Å². The molecule has 1 aliphatic heterocycles. The second kappa shape index (κ2) is 5.90. The summed E-state index contributed by atoms with van der Waals surface area (Å²) in [6.07, 6.45) is 0.516. The van der Waals surface area contributed by atoms with E-state index in [1.165, 1.54) is 6.07 Å². The third-order valence-corrected chi connectivity index (χ3v) is 3.30. The Bertz CT molecular complexity index is 682. The van der Waals surface area contributed by atoms with Crippen molar-refractivity contribution in [1.29, 1.82) is 0 Å². The van der Waals surface area contributed by atoms with Gasteiger partial charge in [0.25, 0.3) is 0 Å². The van der Waals surface area contributed by atoms with Crippen LogP contribution in [0.4, 0.5) is 0 Å². The van der Waals surface area contributed by atoms with Gasteiger partial charge in [-0.3, -0.25) is 9.79 Å². The summed E-state index contributed by atoms with van der Waals surface area (Å²) in [5, 5.41) is 0. The first-order valence-electron chi connectivity index (χ1n) is 5.66. The van der Waals surface area contributed by atoms with Crippen LogP contribution in [0.2, 0.25) is 0 Å². The molecule has 0 amide bonds. The van der Waals surface area contributed by atoms with Gasteiger partial charge in [-0.2, -0.15) is 0 Å². The molecule has 2 aromatic rings. The molecular formula is C13H12NaO5P. The van der Waals surface area contributed by atoms with E-state index >= 15 is 0 Å². The van der Waals surface area contributed by atoms with Gasteiger partial charge in [-0.15, -0.1) is 0 Å². The topological polar surface area (TPSA) is 76.0 Å². The summed E-state index contributed by atoms with van der Waals surface area (Å²) in [6.45, 7) is 0. The van der Waals surface area contributed by atoms with E-state index in [4.69, 9.17) is 19.0 Å². The molecular weight excluding hydrogens is 290 g/mol. The Labute approximate surface area is 138 Å². The summed E-state index contributed by atoms with van der Waals surface area (Å²) < 4.78 is 21.4. The third kappa shape index (κ3) is 3.26. The predicted octanol–water partition coefficient (Wildman–Crippen LogP) is 2.21. The monoisotopic (exact) mass is 302 g/mol. The zero-order valence-electron chi connectivity index (χ0n) is 9.81. The molecule has 1 heterocycles. The fourth-order valence-corrected chi connectivity index (χ4v) is 2.51. The van der Waals surface area contributed by atoms with Crippen molar-refractivity contribution in [3.63, 3.8) is 0 Å². The summed E-state index contributed by atoms with van der Waals surface area (Å²) in [7, 11) is -4.57. The first kappa shape index (κ1) is 15.6. The molecule has 7 heteroatoms. The van der Waals surface area contributed by atoms with Gasteiger partial charge in [0.05, 0.1) is 0 Å². The van der Waals surface area contributed by atoms with Crippen molar-refractivity contribution in [2.24, 2.45) is 0 Å². The number of phosphoric ester groups is 1. The summed E-state index contributed by atoms with van der Waals surface area (Å²) in [5.41, 5.74) is 1.60. The van der Waals surface area contributed by atoms with Gasteiger partial charge in [0.2, 0.25) is 0 Å². The van der Waals surface area contributed by atoms with E-state index in [1.807, 2.05) is 24.3 Å². The molecule has 100 valence electrons. The average Bonchev–Trinajstić information content (AvgIpc) is 2.35. The Kier molecular flexibility index (Phi) is 4.59. The van der Waals surface area contributed by atoms with Crippen molar-refractivity contribution < 1.29 is 23.6 Å². The first-order chi connectivity index (χ1) is 9.03. The molecule has 2 aromatic carbocycles. The quantitative estimate of drug-likeness (QED) is 0.560. The van der Waals surface area contributed by atoms with Gasteiger partial charge in [0.1, 0.15) is 17.2 Å². The summed E-state index contributed by atoms with van der Waals surface area (Å²) >= 11 is 0. The molecule has 0 aromatic heterocycles. The van der Waals surface area contributed by atoms with E-state index < -0.39 is 7.82 Å². The van der Waals surface area contributed by atoms with Gasteiger partial charge in [0, 0.05) is 12.0 Å². The van der Waals surface area contributed by atoms with Crippen molar-refractivity contribution in [1.82, 2.24) is 0 Å². The van der Waals surface area contributed by atoms with E-state index in [2.05, 4.69) is 0 Å². The number of hydrogen-bond donors (Lipinski definition) is 2. The van der Waals surface area contributed by atoms with Crippen molar-refractivity contribution in [3.8, 4) is 17.2 Å². The molecule has 0 spiro atoms. The van der Waals surface area contributed by atoms with Gasteiger partial charge < -0.3 is 9.26 Å². The standard InChI is InChI=1S/C13H11O5P.Na.H/c14-19(15,16)18-13-7-3-6-12-10(13)8-9-4-1-2-5-11(9)17-12;;/h1-7H,8H2,(H2,14,15,16);;. The van der Waals surface area contributed by atoms with Crippen LogP contribution in [0.5, 0.6) is 17.2 Å². The molecule has 0 fully saturated rings. The normalized spacial score (nSPS) is 12.5. The number of phosphoric acid groups is 1. The molecule has 0 bridgehead atoms. The number of rotatable bonds is 2. The Hall–Kier alpha value is -0.810. The fourth-order valence-electron chi connectivity index (χ4n) is 2.09. The Balaban J connectivity index is 0.00000147. The third-order valence-electron chi connectivity index (χ3n) is 2.87. The second-order valence-electron chi connectivity index (χ2n) is 4.20. The minimum atomic E-state index is -4.57. The zero-order valence-corrected chi connectivity index (χ0v) is 10.7. The fraction of sp³-hybridized carbons (Fsp3) is 0.0769. The van der Waals surface area contributed by atoms with Gasteiger partial charge in [-0.05, 0) is 23.8 Å². The van der Waals surface area contributed by atoms with Crippen LogP contribution in [0.25, 0.3) is 0 Å². The van der Waals surface area contributed by atoms with Gasteiger partial charge in [-0.1, -0.05) is 24.3 Å². The molecule has 20 heavy (non-hydrogen) atoms. The second-order valence-corrected chi connectivity index (χ2v) is 5.36. The molecule has 2 N–H and O–H groups in total. The molecule has 3 rings (SSSR count). The predicted molar refractivity (Wildman–Crippen MR) is 75.6 cm³/mol. The molecule has 5 nitrogen and oxygen atoms in total. The van der Waals surface area contributed by atoms with Crippen LogP contribution in [-0.4, -0.2) is 39.3 Å². The maximum absolute atomic E-state index is 11.0. The van der Waals surface area contributed by atoms with Gasteiger partial charge in [-0.25, -0.2) is 4.57 Å². The molecule has 0 atom stereocenters. The number of para-hydroxylation sites is 1. The molecule has 0 saturated carbocycles. The number of hydrogen-bond acceptors (Lipinski definition) is 3. The van der Waals surface area contributed by atoms with Crippen molar-refractivity contribution in [3.05, 3.63) is 53.6 Å². The van der Waals surface area contributed by atoms with Crippen LogP contribution in [0, 0.1) is 0 Å². The molecule has 0 radical (unpaired) electrons. The Morgan fingerprint density at radius 3 is 2.50 bits per heavy atom. The van der Waals surface area contributed by atoms with Gasteiger partial charge in [0.15, 0.2) is 0 Å². The van der Waals surface area contributed by atoms with Crippen LogP contribution in [0.1, 0.15) is 11.1 Å². The minimum absolute atomic E-state index is 0. The number of benzene rings is 2. The van der Waals surface area contributed by atoms with E-state index in [0.29, 0.717) is 17.7 Å². The number of fused-ring (bicyclic) bond motifs is 2. The van der Waals surface area contributed by atoms with Crippen molar-refractivity contribution in [2.45, 2.75) is 6.42 Å². The van der Waals surface area contributed by atoms with Gasteiger partial charge >= 0.3 is 37.4 Å². The molecule has 1 aliphatic rings. The Morgan fingerprint density at radius 2 is 1.75 bits per heavy atom. The maximum atomic E-state index is 11.0. The summed E-state index contributed by atoms with van der Waals surface area (Å²) in [4.78, 5) is 17.8. The number of ether oxygens (including phenoxy) is 1. The zero-order chi connectivity index (χ0) is 13.5. The van der Waals surface area contributed by atoms with Crippen LogP contribution in [0.3, 0.4) is 0 Å². The summed E-state index contributed by atoms with van der Waals surface area (Å²) in [5.74, 6) is 1.47. The molecule has 0 saturated heterocycles. The van der Waals surface area contributed by atoms with Crippen LogP contribution >= 0.6 is 7.82 Å². The van der Waals surface area contributed by atoms with Crippen molar-refractivity contribution >= 4 is 37.4 Å². The van der Waals surface area contributed by atoms with Crippen molar-refractivity contribution in [2.75, 3.05) is 0 Å². The SMILES string of the molecule is O=P(O)(O)Oc1cccc2c1Cc1ccccc1O2.[NaH].